The number of hydrogen-bond donors (Lipinski definition) is 1. The number of aromatic nitrogens is 1. The number of ether oxygens (including phenoxy) is 1. The molecular formula is C15H20N2O3. The predicted molar refractivity (Wildman–Crippen MR) is 73.4 cm³/mol. The molecule has 3 heterocycles. The molecule has 5 heteroatoms. The van der Waals surface area contributed by atoms with Gasteiger partial charge in [-0.1, -0.05) is 6.07 Å². The summed E-state index contributed by atoms with van der Waals surface area (Å²) in [5, 5.41) is 10.4. The third kappa shape index (κ3) is 2.21. The number of nitrogens with zero attached hydrogens (tertiary/aromatic N) is 2. The zero-order chi connectivity index (χ0) is 14.2. The van der Waals surface area contributed by atoms with Crippen molar-refractivity contribution in [3.8, 4) is 0 Å². The standard InChI is InChI=1S/C15H20N2O3/c1-11-4-2-7-16-13(11)14(19)17-8-6-15(12(18)10-17)5-3-9-20-15/h2,4,7,12,18H,3,5-6,8-10H2,1H3/t12-,15-/m0/s1. The fourth-order valence-electron chi connectivity index (χ4n) is 3.18. The SMILES string of the molecule is Cc1cccnc1C(=O)N1CC[C@@]2(CCCO2)[C@@H](O)C1. The first-order valence-corrected chi connectivity index (χ1v) is 7.15. The number of β-amino-alcohol motifs (C(OH)–C–C–N with tert-alkyl or cyclic N) is 1. The first-order valence-electron chi connectivity index (χ1n) is 7.15. The number of rotatable bonds is 1. The van der Waals surface area contributed by atoms with Crippen molar-refractivity contribution in [2.75, 3.05) is 19.7 Å². The van der Waals surface area contributed by atoms with E-state index in [4.69, 9.17) is 4.74 Å². The minimum absolute atomic E-state index is 0.102. The van der Waals surface area contributed by atoms with Gasteiger partial charge in [-0.25, -0.2) is 0 Å². The van der Waals surface area contributed by atoms with Gasteiger partial charge in [0.1, 0.15) is 11.8 Å². The number of pyridine rings is 1. The Hall–Kier alpha value is -1.46. The Morgan fingerprint density at radius 2 is 2.40 bits per heavy atom. The molecule has 0 unspecified atom stereocenters. The molecule has 1 spiro atoms. The summed E-state index contributed by atoms with van der Waals surface area (Å²) < 4.78 is 5.75. The molecule has 2 aliphatic rings. The van der Waals surface area contributed by atoms with Crippen LogP contribution in [0.15, 0.2) is 18.3 Å². The van der Waals surface area contributed by atoms with Gasteiger partial charge in [-0.2, -0.15) is 0 Å². The lowest BCUT2D eigenvalue weighted by Gasteiger charge is -2.42. The number of hydrogen-bond acceptors (Lipinski definition) is 4. The van der Waals surface area contributed by atoms with Crippen molar-refractivity contribution >= 4 is 5.91 Å². The first kappa shape index (κ1) is 13.5. The topological polar surface area (TPSA) is 62.7 Å². The predicted octanol–water partition coefficient (Wildman–Crippen LogP) is 1.15. The second kappa shape index (κ2) is 5.14. The van der Waals surface area contributed by atoms with Gasteiger partial charge in [0.05, 0.1) is 5.60 Å². The Labute approximate surface area is 118 Å². The van der Waals surface area contributed by atoms with E-state index in [2.05, 4.69) is 4.98 Å². The lowest BCUT2D eigenvalue weighted by atomic mass is 9.86. The molecule has 3 rings (SSSR count). The van der Waals surface area contributed by atoms with Crippen molar-refractivity contribution < 1.29 is 14.6 Å². The first-order chi connectivity index (χ1) is 9.62. The van der Waals surface area contributed by atoms with Crippen LogP contribution in [0.5, 0.6) is 0 Å². The van der Waals surface area contributed by atoms with Crippen molar-refractivity contribution in [1.29, 1.82) is 0 Å². The Balaban J connectivity index is 1.74. The molecule has 1 aromatic heterocycles. The molecule has 2 atom stereocenters. The maximum absolute atomic E-state index is 12.5. The van der Waals surface area contributed by atoms with Gasteiger partial charge in [0.25, 0.3) is 5.91 Å². The van der Waals surface area contributed by atoms with Crippen LogP contribution in [0.2, 0.25) is 0 Å². The fourth-order valence-corrected chi connectivity index (χ4v) is 3.18. The van der Waals surface area contributed by atoms with Gasteiger partial charge in [0.2, 0.25) is 0 Å². The molecule has 0 radical (unpaired) electrons. The van der Waals surface area contributed by atoms with Crippen LogP contribution in [0, 0.1) is 6.92 Å². The second-order valence-corrected chi connectivity index (χ2v) is 5.70. The second-order valence-electron chi connectivity index (χ2n) is 5.70. The van der Waals surface area contributed by atoms with Crippen molar-refractivity contribution in [2.24, 2.45) is 0 Å². The Morgan fingerprint density at radius 3 is 3.05 bits per heavy atom. The highest BCUT2D eigenvalue weighted by Crippen LogP contribution is 2.36. The van der Waals surface area contributed by atoms with E-state index in [0.717, 1.165) is 18.4 Å². The van der Waals surface area contributed by atoms with Gasteiger partial charge < -0.3 is 14.7 Å². The van der Waals surface area contributed by atoms with Crippen LogP contribution < -0.4 is 0 Å². The summed E-state index contributed by atoms with van der Waals surface area (Å²) in [7, 11) is 0. The zero-order valence-corrected chi connectivity index (χ0v) is 11.7. The largest absolute Gasteiger partial charge is 0.388 e. The van der Waals surface area contributed by atoms with E-state index < -0.39 is 11.7 Å². The van der Waals surface area contributed by atoms with Gasteiger partial charge >= 0.3 is 0 Å². The average Bonchev–Trinajstić information content (AvgIpc) is 2.92. The minimum atomic E-state index is -0.605. The van der Waals surface area contributed by atoms with Crippen LogP contribution in [-0.2, 0) is 4.74 Å². The van der Waals surface area contributed by atoms with Crippen LogP contribution >= 0.6 is 0 Å². The minimum Gasteiger partial charge on any atom is -0.388 e. The molecule has 1 N–H and O–H groups in total. The van der Waals surface area contributed by atoms with Gasteiger partial charge in [-0.05, 0) is 37.8 Å². The third-order valence-electron chi connectivity index (χ3n) is 4.44. The Kier molecular flexibility index (Phi) is 3.48. The van der Waals surface area contributed by atoms with Gasteiger partial charge in [-0.3, -0.25) is 9.78 Å². The van der Waals surface area contributed by atoms with Crippen LogP contribution in [0.1, 0.15) is 35.3 Å². The fraction of sp³-hybridized carbons (Fsp3) is 0.600. The summed E-state index contributed by atoms with van der Waals surface area (Å²) in [5.74, 6) is -0.102. The summed E-state index contributed by atoms with van der Waals surface area (Å²) in [5.41, 5.74) is 0.919. The molecule has 5 nitrogen and oxygen atoms in total. The van der Waals surface area contributed by atoms with Gasteiger partial charge in [0.15, 0.2) is 0 Å². The highest BCUT2D eigenvalue weighted by molar-refractivity contribution is 5.93. The Morgan fingerprint density at radius 1 is 1.55 bits per heavy atom. The van der Waals surface area contributed by atoms with E-state index in [0.29, 0.717) is 31.8 Å². The molecule has 0 aromatic carbocycles. The molecule has 2 fully saturated rings. The number of likely N-dealkylation sites (tertiary alicyclic amines) is 1. The van der Waals surface area contributed by atoms with Crippen molar-refractivity contribution in [1.82, 2.24) is 9.88 Å². The molecule has 2 saturated heterocycles. The summed E-state index contributed by atoms with van der Waals surface area (Å²) >= 11 is 0. The summed E-state index contributed by atoms with van der Waals surface area (Å²) in [6.45, 7) is 3.54. The molecule has 20 heavy (non-hydrogen) atoms. The number of aliphatic hydroxyl groups is 1. The van der Waals surface area contributed by atoms with Crippen LogP contribution in [0.3, 0.4) is 0 Å². The van der Waals surface area contributed by atoms with E-state index in [1.807, 2.05) is 19.1 Å². The molecule has 108 valence electrons. The molecule has 0 bridgehead atoms. The number of aliphatic hydroxyl groups excluding tert-OH is 1. The summed E-state index contributed by atoms with van der Waals surface area (Å²) in [4.78, 5) is 18.3. The molecule has 0 aliphatic carbocycles. The number of amides is 1. The maximum Gasteiger partial charge on any atom is 0.272 e. The molecule has 1 aromatic rings. The van der Waals surface area contributed by atoms with Crippen molar-refractivity contribution in [3.05, 3.63) is 29.6 Å². The smallest absolute Gasteiger partial charge is 0.272 e. The summed E-state index contributed by atoms with van der Waals surface area (Å²) in [6, 6.07) is 3.70. The molecule has 0 saturated carbocycles. The Bertz CT molecular complexity index is 512. The van der Waals surface area contributed by atoms with Gasteiger partial charge in [-0.15, -0.1) is 0 Å². The zero-order valence-electron chi connectivity index (χ0n) is 11.7. The van der Waals surface area contributed by atoms with E-state index in [1.54, 1.807) is 11.1 Å². The number of piperidine rings is 1. The average molecular weight is 276 g/mol. The maximum atomic E-state index is 12.5. The van der Waals surface area contributed by atoms with Gasteiger partial charge in [0, 0.05) is 25.9 Å². The van der Waals surface area contributed by atoms with Crippen molar-refractivity contribution in [2.45, 2.75) is 37.9 Å². The van der Waals surface area contributed by atoms with E-state index >= 15 is 0 Å². The normalized spacial score (nSPS) is 29.9. The lowest BCUT2D eigenvalue weighted by molar-refractivity contribution is -0.123. The lowest BCUT2D eigenvalue weighted by Crippen LogP contribution is -2.56. The van der Waals surface area contributed by atoms with Crippen molar-refractivity contribution in [3.63, 3.8) is 0 Å². The van der Waals surface area contributed by atoms with Crippen LogP contribution in [0.4, 0.5) is 0 Å². The number of carbonyl (C=O) groups is 1. The highest BCUT2D eigenvalue weighted by Gasteiger charge is 2.46. The molecule has 1 amide bonds. The monoisotopic (exact) mass is 276 g/mol. The summed E-state index contributed by atoms with van der Waals surface area (Å²) in [6.07, 6.45) is 3.60. The number of aryl methyl sites for hydroxylation is 1. The quantitative estimate of drug-likeness (QED) is 0.835. The third-order valence-corrected chi connectivity index (χ3v) is 4.44. The number of carbonyl (C=O) groups excluding carboxylic acids is 1. The highest BCUT2D eigenvalue weighted by atomic mass is 16.5. The molecular weight excluding hydrogens is 256 g/mol. The van der Waals surface area contributed by atoms with E-state index in [1.165, 1.54) is 0 Å². The van der Waals surface area contributed by atoms with E-state index in [9.17, 15) is 9.90 Å². The van der Waals surface area contributed by atoms with E-state index in [-0.39, 0.29) is 5.91 Å². The van der Waals surface area contributed by atoms with Crippen LogP contribution in [0.25, 0.3) is 0 Å². The van der Waals surface area contributed by atoms with Crippen LogP contribution in [-0.4, -0.2) is 52.3 Å². The molecule has 2 aliphatic heterocycles.